The van der Waals surface area contributed by atoms with E-state index in [0.717, 1.165) is 23.7 Å². The van der Waals surface area contributed by atoms with Crippen molar-refractivity contribution in [2.45, 2.75) is 75.2 Å². The summed E-state index contributed by atoms with van der Waals surface area (Å²) in [5.74, 6) is 2.13. The van der Waals surface area contributed by atoms with E-state index in [9.17, 15) is 8.78 Å². The van der Waals surface area contributed by atoms with Crippen LogP contribution in [-0.4, -0.2) is 36.2 Å². The summed E-state index contributed by atoms with van der Waals surface area (Å²) in [7, 11) is 1.87. The number of hydrogen-bond acceptors (Lipinski definition) is 5. The van der Waals surface area contributed by atoms with Gasteiger partial charge in [-0.25, -0.2) is 4.99 Å². The lowest BCUT2D eigenvalue weighted by Gasteiger charge is -2.46. The molecule has 30 heavy (non-hydrogen) atoms. The van der Waals surface area contributed by atoms with E-state index in [2.05, 4.69) is 18.2 Å². The molecule has 0 unspecified atom stereocenters. The number of halogens is 2. The number of alkyl halides is 2. The number of nitrogens with two attached hydrogens (primary N) is 1. The molecule has 1 aromatic carbocycles. The maximum absolute atomic E-state index is 12.7. The maximum Gasteiger partial charge on any atom is 0.345 e. The third-order valence-electron chi connectivity index (χ3n) is 7.22. The topological polar surface area (TPSA) is 60.1 Å². The summed E-state index contributed by atoms with van der Waals surface area (Å²) < 4.78 is 36.8. The van der Waals surface area contributed by atoms with Gasteiger partial charge >= 0.3 is 6.61 Å². The minimum atomic E-state index is -2.74. The highest BCUT2D eigenvalue weighted by Gasteiger charge is 2.61. The summed E-state index contributed by atoms with van der Waals surface area (Å²) in [5.41, 5.74) is 7.23. The Morgan fingerprint density at radius 1 is 1.27 bits per heavy atom. The van der Waals surface area contributed by atoms with Crippen molar-refractivity contribution in [1.82, 2.24) is 4.90 Å². The van der Waals surface area contributed by atoms with Crippen molar-refractivity contribution in [3.63, 3.8) is 0 Å². The number of aryl methyl sites for hydroxylation is 1. The van der Waals surface area contributed by atoms with Crippen molar-refractivity contribution < 1.29 is 18.3 Å². The Morgan fingerprint density at radius 3 is 2.70 bits per heavy atom. The first-order valence-electron chi connectivity index (χ1n) is 10.9. The maximum atomic E-state index is 12.7. The van der Waals surface area contributed by atoms with Gasteiger partial charge in [0.2, 0.25) is 0 Å². The molecule has 2 aliphatic heterocycles. The van der Waals surface area contributed by atoms with Crippen LogP contribution < -0.4 is 10.5 Å². The quantitative estimate of drug-likeness (QED) is 0.776. The Balaban J connectivity index is 1.49. The Morgan fingerprint density at radius 2 is 2.03 bits per heavy atom. The number of rotatable bonds is 5. The number of guanidine groups is 1. The molecule has 0 saturated heterocycles. The molecule has 0 radical (unpaired) electrons. The highest BCUT2D eigenvalue weighted by Crippen LogP contribution is 2.58. The van der Waals surface area contributed by atoms with Gasteiger partial charge in [0.25, 0.3) is 0 Å². The Hall–Kier alpha value is -2.15. The summed E-state index contributed by atoms with van der Waals surface area (Å²) in [5, 5.41) is 0. The number of ether oxygens (including phenoxy) is 2. The predicted molar refractivity (Wildman–Crippen MR) is 110 cm³/mol. The number of benzene rings is 1. The third-order valence-corrected chi connectivity index (χ3v) is 7.22. The molecule has 0 amide bonds. The average molecular weight is 418 g/mol. The van der Waals surface area contributed by atoms with E-state index in [1.54, 1.807) is 4.90 Å². The first-order valence-corrected chi connectivity index (χ1v) is 10.9. The Labute approximate surface area is 175 Å². The monoisotopic (exact) mass is 417 g/mol. The largest absolute Gasteiger partial charge is 0.484 e. The van der Waals surface area contributed by atoms with Crippen LogP contribution in [0.15, 0.2) is 35.5 Å². The zero-order valence-electron chi connectivity index (χ0n) is 17.3. The van der Waals surface area contributed by atoms with Crippen molar-refractivity contribution in [3.8, 4) is 5.75 Å². The van der Waals surface area contributed by atoms with Crippen LogP contribution in [0.1, 0.15) is 56.1 Å². The normalized spacial score (nSPS) is 32.6. The van der Waals surface area contributed by atoms with Gasteiger partial charge in [-0.05, 0) is 68.2 Å². The zero-order chi connectivity index (χ0) is 20.9. The molecule has 2 heterocycles. The molecule has 1 atom stereocenters. The fraction of sp³-hybridized carbons (Fsp3) is 0.609. The molecule has 2 N–H and O–H groups in total. The second kappa shape index (κ2) is 7.22. The molecule has 5 rings (SSSR count). The van der Waals surface area contributed by atoms with Gasteiger partial charge < -0.3 is 20.1 Å². The Bertz CT molecular complexity index is 875. The van der Waals surface area contributed by atoms with Crippen LogP contribution in [0.3, 0.4) is 0 Å². The van der Waals surface area contributed by atoms with Crippen molar-refractivity contribution >= 4 is 5.96 Å². The highest BCUT2D eigenvalue weighted by atomic mass is 19.3. The van der Waals surface area contributed by atoms with Crippen molar-refractivity contribution in [3.05, 3.63) is 41.6 Å². The lowest BCUT2D eigenvalue weighted by atomic mass is 9.68. The summed E-state index contributed by atoms with van der Waals surface area (Å²) in [4.78, 5) is 6.76. The number of hydrogen-bond donors (Lipinski definition) is 1. The van der Waals surface area contributed by atoms with Crippen LogP contribution in [0.5, 0.6) is 5.75 Å². The molecule has 1 aromatic rings. The zero-order valence-corrected chi connectivity index (χ0v) is 17.3. The molecule has 0 bridgehead atoms. The third kappa shape index (κ3) is 3.27. The molecule has 0 aromatic heterocycles. The molecule has 2 spiro atoms. The molecule has 2 saturated carbocycles. The Kier molecular flexibility index (Phi) is 4.76. The van der Waals surface area contributed by atoms with E-state index in [0.29, 0.717) is 31.6 Å². The molecule has 5 nitrogen and oxygen atoms in total. The SMILES string of the molecule is CN1C=C[C@]2(N=C1N)c1cc(CCC3CC3)ccc1OC21CCC(OC(F)F)CC1. The first kappa shape index (κ1) is 19.8. The standard InChI is InChI=1S/C23H29F2N3O2/c1-28-13-12-23(27-21(28)26)18-14-16(5-4-15-2-3-15)6-7-19(18)30-22(23)10-8-17(9-11-22)29-20(24)25/h6-7,12-15,17,20H,2-5,8-11H2,1H3,(H2,26,27)/t17?,22?,23-/m0/s1. The van der Waals surface area contributed by atoms with Crippen LogP contribution in [-0.2, 0) is 16.7 Å². The van der Waals surface area contributed by atoms with Crippen LogP contribution in [0.4, 0.5) is 8.78 Å². The van der Waals surface area contributed by atoms with Gasteiger partial charge in [-0.2, -0.15) is 8.78 Å². The lowest BCUT2D eigenvalue weighted by Crippen LogP contribution is -2.55. The molecular weight excluding hydrogens is 388 g/mol. The van der Waals surface area contributed by atoms with Gasteiger partial charge in [-0.1, -0.05) is 18.9 Å². The van der Waals surface area contributed by atoms with Gasteiger partial charge in [-0.3, -0.25) is 0 Å². The minimum Gasteiger partial charge on any atom is -0.484 e. The summed E-state index contributed by atoms with van der Waals surface area (Å²) in [6, 6.07) is 6.42. The van der Waals surface area contributed by atoms with E-state index in [1.165, 1.54) is 24.8 Å². The lowest BCUT2D eigenvalue weighted by molar-refractivity contribution is -0.180. The van der Waals surface area contributed by atoms with E-state index in [-0.39, 0.29) is 0 Å². The van der Waals surface area contributed by atoms with Gasteiger partial charge in [0.1, 0.15) is 11.4 Å². The van der Waals surface area contributed by atoms with Gasteiger partial charge in [0, 0.05) is 18.8 Å². The second-order valence-corrected chi connectivity index (χ2v) is 9.17. The van der Waals surface area contributed by atoms with Crippen molar-refractivity contribution in [1.29, 1.82) is 0 Å². The van der Waals surface area contributed by atoms with Crippen molar-refractivity contribution in [2.24, 2.45) is 16.6 Å². The molecule has 2 fully saturated rings. The molecule has 4 aliphatic rings. The van der Waals surface area contributed by atoms with Crippen LogP contribution in [0, 0.1) is 5.92 Å². The van der Waals surface area contributed by atoms with E-state index < -0.39 is 23.9 Å². The second-order valence-electron chi connectivity index (χ2n) is 9.17. The highest BCUT2D eigenvalue weighted by molar-refractivity contribution is 5.81. The van der Waals surface area contributed by atoms with Crippen LogP contribution in [0.25, 0.3) is 0 Å². The van der Waals surface area contributed by atoms with Gasteiger partial charge in [-0.15, -0.1) is 0 Å². The number of aliphatic imine (C=N–C) groups is 1. The molecule has 162 valence electrons. The predicted octanol–water partition coefficient (Wildman–Crippen LogP) is 4.31. The fourth-order valence-electron chi connectivity index (χ4n) is 5.25. The molecule has 2 aliphatic carbocycles. The number of nitrogens with zero attached hydrogens (tertiary/aromatic N) is 2. The minimum absolute atomic E-state index is 0.433. The summed E-state index contributed by atoms with van der Waals surface area (Å²) in [6.45, 7) is -2.74. The van der Waals surface area contributed by atoms with Crippen LogP contribution in [0.2, 0.25) is 0 Å². The van der Waals surface area contributed by atoms with Gasteiger partial charge in [0.15, 0.2) is 11.5 Å². The number of fused-ring (bicyclic) bond motifs is 3. The molecular formula is C23H29F2N3O2. The summed E-state index contributed by atoms with van der Waals surface area (Å²) in [6.07, 6.45) is 10.7. The smallest absolute Gasteiger partial charge is 0.345 e. The van der Waals surface area contributed by atoms with Crippen LogP contribution >= 0.6 is 0 Å². The van der Waals surface area contributed by atoms with E-state index >= 15 is 0 Å². The molecule has 7 heteroatoms. The average Bonchev–Trinajstić information content (AvgIpc) is 3.51. The van der Waals surface area contributed by atoms with Gasteiger partial charge in [0.05, 0.1) is 6.10 Å². The summed E-state index contributed by atoms with van der Waals surface area (Å²) >= 11 is 0. The first-order chi connectivity index (χ1) is 14.4. The van der Waals surface area contributed by atoms with Crippen molar-refractivity contribution in [2.75, 3.05) is 7.05 Å². The van der Waals surface area contributed by atoms with E-state index in [4.69, 9.17) is 20.2 Å². The fourth-order valence-corrected chi connectivity index (χ4v) is 5.25. The van der Waals surface area contributed by atoms with E-state index in [1.807, 2.05) is 19.3 Å².